The summed E-state index contributed by atoms with van der Waals surface area (Å²) in [4.78, 5) is 4.99. The molecule has 0 saturated carbocycles. The van der Waals surface area contributed by atoms with E-state index in [1.165, 1.54) is 44.3 Å². The van der Waals surface area contributed by atoms with Crippen LogP contribution in [0.5, 0.6) is 11.5 Å². The van der Waals surface area contributed by atoms with Gasteiger partial charge in [0.15, 0.2) is 0 Å². The number of nitrogens with zero attached hydrogens (tertiary/aromatic N) is 4. The second-order valence-electron chi connectivity index (χ2n) is 21.7. The number of benzene rings is 7. The number of ether oxygens (including phenoxy) is 1. The molecular formula is C64H62N4O. The SMILES string of the molecule is CC(C)(C)c1ccnc(-n2c3ccc(C(C)(C)c4ccccc4)cc3c3ccc(Oc4cccc(-n5[c-][n+](-c6cc(-c7ccccc7)cc(C(C)(C)c7ccccc7)c6)c(C(C)(C)C)c5)c4)cc32)c1. The van der Waals surface area contributed by atoms with Gasteiger partial charge in [0.25, 0.3) is 6.33 Å². The van der Waals surface area contributed by atoms with Gasteiger partial charge in [-0.25, -0.2) is 4.98 Å². The smallest absolute Gasteiger partial charge is 0.269 e. The Balaban J connectivity index is 1.06. The lowest BCUT2D eigenvalue weighted by molar-refractivity contribution is -0.611. The van der Waals surface area contributed by atoms with Crippen LogP contribution in [-0.2, 0) is 21.7 Å². The first-order chi connectivity index (χ1) is 32.9. The first kappa shape index (κ1) is 45.3. The zero-order valence-electron chi connectivity index (χ0n) is 41.7. The normalized spacial score (nSPS) is 12.5. The summed E-state index contributed by atoms with van der Waals surface area (Å²) in [5.74, 6) is 2.36. The van der Waals surface area contributed by atoms with Crippen molar-refractivity contribution in [2.45, 2.75) is 90.9 Å². The third kappa shape index (κ3) is 8.67. The number of imidazole rings is 1. The fraction of sp³-hybridized carbons (Fsp3) is 0.219. The predicted molar refractivity (Wildman–Crippen MR) is 285 cm³/mol. The van der Waals surface area contributed by atoms with E-state index in [2.05, 4.69) is 271 Å². The van der Waals surface area contributed by atoms with E-state index in [0.29, 0.717) is 0 Å². The molecule has 69 heavy (non-hydrogen) atoms. The van der Waals surface area contributed by atoms with Crippen molar-refractivity contribution in [2.24, 2.45) is 0 Å². The Morgan fingerprint density at radius 1 is 0.464 bits per heavy atom. The van der Waals surface area contributed by atoms with Gasteiger partial charge in [-0.2, -0.15) is 0 Å². The number of hydrogen-bond acceptors (Lipinski definition) is 2. The van der Waals surface area contributed by atoms with Gasteiger partial charge < -0.3 is 4.74 Å². The summed E-state index contributed by atoms with van der Waals surface area (Å²) in [5, 5.41) is 2.33. The number of aromatic nitrogens is 4. The lowest BCUT2D eigenvalue weighted by atomic mass is 9.77. The molecule has 0 N–H and O–H groups in total. The molecule has 3 heterocycles. The molecule has 10 rings (SSSR count). The summed E-state index contributed by atoms with van der Waals surface area (Å²) < 4.78 is 13.5. The second kappa shape index (κ2) is 17.2. The largest absolute Gasteiger partial charge is 0.458 e. The van der Waals surface area contributed by atoms with E-state index in [4.69, 9.17) is 9.72 Å². The summed E-state index contributed by atoms with van der Waals surface area (Å²) >= 11 is 0. The summed E-state index contributed by atoms with van der Waals surface area (Å²) in [6.07, 6.45) is 7.93. The van der Waals surface area contributed by atoms with Crippen molar-refractivity contribution in [3.8, 4) is 39.8 Å². The number of rotatable bonds is 10. The summed E-state index contributed by atoms with van der Waals surface area (Å²) in [6, 6.07) is 65.2. The molecule has 10 aromatic rings. The quantitative estimate of drug-likeness (QED) is 0.101. The number of fused-ring (bicyclic) bond motifs is 3. The van der Waals surface area contributed by atoms with Crippen LogP contribution in [0.2, 0.25) is 0 Å². The van der Waals surface area contributed by atoms with Gasteiger partial charge in [0.05, 0.1) is 28.1 Å². The highest BCUT2D eigenvalue weighted by atomic mass is 16.5. The minimum atomic E-state index is -0.246. The van der Waals surface area contributed by atoms with Gasteiger partial charge in [-0.1, -0.05) is 178 Å². The van der Waals surface area contributed by atoms with Crippen LogP contribution in [0.15, 0.2) is 194 Å². The Morgan fingerprint density at radius 3 is 1.78 bits per heavy atom. The molecule has 0 bridgehead atoms. The van der Waals surface area contributed by atoms with Gasteiger partial charge in [-0.3, -0.25) is 13.7 Å². The van der Waals surface area contributed by atoms with Crippen molar-refractivity contribution in [3.63, 3.8) is 0 Å². The highest BCUT2D eigenvalue weighted by Gasteiger charge is 2.28. The predicted octanol–water partition coefficient (Wildman–Crippen LogP) is 15.8. The van der Waals surface area contributed by atoms with Crippen LogP contribution < -0.4 is 9.30 Å². The number of hydrogen-bond donors (Lipinski definition) is 0. The van der Waals surface area contributed by atoms with Gasteiger partial charge in [0.2, 0.25) is 0 Å². The van der Waals surface area contributed by atoms with Gasteiger partial charge in [0.1, 0.15) is 17.3 Å². The Hall–Kier alpha value is -7.50. The average Bonchev–Trinajstić information content (AvgIpc) is 3.95. The minimum absolute atomic E-state index is 0.0406. The highest BCUT2D eigenvalue weighted by Crippen LogP contribution is 2.41. The third-order valence-electron chi connectivity index (χ3n) is 14.1. The molecule has 0 atom stereocenters. The van der Waals surface area contributed by atoms with Crippen LogP contribution in [0, 0.1) is 6.33 Å². The van der Waals surface area contributed by atoms with E-state index >= 15 is 0 Å². The van der Waals surface area contributed by atoms with Crippen LogP contribution in [0.1, 0.15) is 103 Å². The second-order valence-corrected chi connectivity index (χ2v) is 21.7. The Labute approximate surface area is 408 Å². The van der Waals surface area contributed by atoms with Crippen molar-refractivity contribution in [3.05, 3.63) is 234 Å². The monoisotopic (exact) mass is 902 g/mol. The highest BCUT2D eigenvalue weighted by molar-refractivity contribution is 6.10. The standard InChI is InChI=1S/C64H62N4O/c1-61(2,3)48-33-34-65-60(39-48)68-57-32-29-49(63(7,8)46-23-16-12-17-24-46)38-56(57)55-31-30-54(41-58(55)68)69-53-28-20-27-51(40-53)66-42-59(62(4,5)6)67(43-66)52-36-45(44-21-14-11-15-22-44)35-50(37-52)64(9,10)47-25-18-13-19-26-47/h11-42H,1-10H3. The lowest BCUT2D eigenvalue weighted by Gasteiger charge is -2.28. The van der Waals surface area contributed by atoms with Crippen molar-refractivity contribution >= 4 is 21.8 Å². The molecule has 344 valence electrons. The molecule has 0 spiro atoms. The summed E-state index contributed by atoms with van der Waals surface area (Å²) in [7, 11) is 0. The molecule has 0 saturated heterocycles. The van der Waals surface area contributed by atoms with Crippen molar-refractivity contribution in [2.75, 3.05) is 0 Å². The van der Waals surface area contributed by atoms with Crippen LogP contribution in [0.25, 0.3) is 50.1 Å². The Kier molecular flexibility index (Phi) is 11.3. The van der Waals surface area contributed by atoms with Crippen LogP contribution in [0.3, 0.4) is 0 Å². The zero-order chi connectivity index (χ0) is 48.3. The molecular weight excluding hydrogens is 841 g/mol. The molecule has 0 aliphatic rings. The Bertz CT molecular complexity index is 3470. The maximum absolute atomic E-state index is 6.83. The maximum atomic E-state index is 6.83. The summed E-state index contributed by atoms with van der Waals surface area (Å²) in [5.41, 5.74) is 13.2. The van der Waals surface area contributed by atoms with Crippen molar-refractivity contribution in [1.82, 2.24) is 14.1 Å². The van der Waals surface area contributed by atoms with Crippen LogP contribution in [0.4, 0.5) is 0 Å². The third-order valence-corrected chi connectivity index (χ3v) is 14.1. The first-order valence-electron chi connectivity index (χ1n) is 24.2. The molecule has 5 nitrogen and oxygen atoms in total. The van der Waals surface area contributed by atoms with Gasteiger partial charge in [-0.05, 0) is 117 Å². The van der Waals surface area contributed by atoms with Crippen molar-refractivity contribution in [1.29, 1.82) is 0 Å². The van der Waals surface area contributed by atoms with Crippen molar-refractivity contribution < 1.29 is 9.30 Å². The van der Waals surface area contributed by atoms with E-state index in [9.17, 15) is 0 Å². The molecule has 0 fully saturated rings. The molecule has 7 aromatic carbocycles. The summed E-state index contributed by atoms with van der Waals surface area (Å²) in [6.45, 7) is 22.8. The topological polar surface area (TPSA) is 35.9 Å². The molecule has 5 heteroatoms. The zero-order valence-corrected chi connectivity index (χ0v) is 41.7. The molecule has 0 unspecified atom stereocenters. The fourth-order valence-electron chi connectivity index (χ4n) is 9.71. The molecule has 0 amide bonds. The van der Waals surface area contributed by atoms with E-state index in [1.807, 2.05) is 12.3 Å². The maximum Gasteiger partial charge on any atom is 0.269 e. The fourth-order valence-corrected chi connectivity index (χ4v) is 9.71. The molecule has 0 radical (unpaired) electrons. The Morgan fingerprint density at radius 2 is 1.12 bits per heavy atom. The van der Waals surface area contributed by atoms with Gasteiger partial charge in [-0.15, -0.1) is 0 Å². The molecule has 0 aliphatic heterocycles. The first-order valence-corrected chi connectivity index (χ1v) is 24.2. The van der Waals surface area contributed by atoms with E-state index in [1.54, 1.807) is 0 Å². The van der Waals surface area contributed by atoms with E-state index < -0.39 is 0 Å². The minimum Gasteiger partial charge on any atom is -0.458 e. The number of pyridine rings is 1. The van der Waals surface area contributed by atoms with E-state index in [-0.39, 0.29) is 21.7 Å². The molecule has 0 aliphatic carbocycles. The lowest BCUT2D eigenvalue weighted by Crippen LogP contribution is -2.39. The van der Waals surface area contributed by atoms with Crippen LogP contribution >= 0.6 is 0 Å². The van der Waals surface area contributed by atoms with Gasteiger partial charge in [0, 0.05) is 40.1 Å². The van der Waals surface area contributed by atoms with E-state index in [0.717, 1.165) is 50.8 Å². The molecule has 3 aromatic heterocycles. The average molecular weight is 903 g/mol. The van der Waals surface area contributed by atoms with Crippen LogP contribution in [-0.4, -0.2) is 14.1 Å². The van der Waals surface area contributed by atoms with Gasteiger partial charge >= 0.3 is 0 Å².